The summed E-state index contributed by atoms with van der Waals surface area (Å²) >= 11 is 12.6. The molecule has 0 radical (unpaired) electrons. The number of primary amides is 1. The fourth-order valence-corrected chi connectivity index (χ4v) is 4.82. The second-order valence-electron chi connectivity index (χ2n) is 8.71. The molecule has 2 aromatic rings. The number of carbonyl (C=O) groups excluding carboxylic acids is 2. The van der Waals surface area contributed by atoms with Crippen LogP contribution in [0.1, 0.15) is 49.8 Å². The quantitative estimate of drug-likeness (QED) is 0.636. The highest BCUT2D eigenvalue weighted by Crippen LogP contribution is 2.42. The van der Waals surface area contributed by atoms with Crippen molar-refractivity contribution in [1.82, 2.24) is 10.4 Å². The van der Waals surface area contributed by atoms with Crippen LogP contribution in [0.4, 0.5) is 5.69 Å². The van der Waals surface area contributed by atoms with Gasteiger partial charge in [-0.15, -0.1) is 0 Å². The Morgan fingerprint density at radius 1 is 1.09 bits per heavy atom. The van der Waals surface area contributed by atoms with Gasteiger partial charge in [0.25, 0.3) is 5.91 Å². The number of halogens is 2. The maximum Gasteiger partial charge on any atom is 0.282 e. The molecule has 7 nitrogen and oxygen atoms in total. The molecule has 2 atom stereocenters. The van der Waals surface area contributed by atoms with Crippen LogP contribution in [0.25, 0.3) is 0 Å². The molecule has 2 aliphatic heterocycles. The predicted octanol–water partition coefficient (Wildman–Crippen LogP) is 4.26. The lowest BCUT2D eigenvalue weighted by Crippen LogP contribution is -2.47. The number of anilines is 1. The maximum absolute atomic E-state index is 13.2. The van der Waals surface area contributed by atoms with Crippen molar-refractivity contribution in [3.63, 3.8) is 0 Å². The van der Waals surface area contributed by atoms with Gasteiger partial charge < -0.3 is 5.73 Å². The Labute approximate surface area is 203 Å². The van der Waals surface area contributed by atoms with Crippen LogP contribution >= 0.6 is 23.2 Å². The molecule has 0 spiro atoms. The normalized spacial score (nSPS) is 20.9. The summed E-state index contributed by atoms with van der Waals surface area (Å²) in [6, 6.07) is 12.3. The van der Waals surface area contributed by atoms with Gasteiger partial charge >= 0.3 is 0 Å². The van der Waals surface area contributed by atoms with Crippen molar-refractivity contribution >= 4 is 46.4 Å². The van der Waals surface area contributed by atoms with Crippen LogP contribution < -0.4 is 16.2 Å². The van der Waals surface area contributed by atoms with E-state index in [0.717, 1.165) is 37.1 Å². The van der Waals surface area contributed by atoms with Crippen molar-refractivity contribution < 1.29 is 9.59 Å². The summed E-state index contributed by atoms with van der Waals surface area (Å²) in [5, 5.41) is 8.88. The predicted molar refractivity (Wildman–Crippen MR) is 131 cm³/mol. The molecule has 33 heavy (non-hydrogen) atoms. The van der Waals surface area contributed by atoms with Crippen LogP contribution in [0.5, 0.6) is 0 Å². The van der Waals surface area contributed by atoms with Gasteiger partial charge in [0.15, 0.2) is 0 Å². The number of amides is 2. The molecule has 1 saturated heterocycles. The molecular weight excluding hydrogens is 461 g/mol. The number of hydrazine groups is 1. The minimum atomic E-state index is -0.954. The molecule has 9 heteroatoms. The van der Waals surface area contributed by atoms with Crippen LogP contribution in [-0.2, 0) is 9.59 Å². The van der Waals surface area contributed by atoms with Crippen LogP contribution in [0, 0.1) is 5.92 Å². The summed E-state index contributed by atoms with van der Waals surface area (Å²) in [6.07, 6.45) is 2.01. The monoisotopic (exact) mass is 487 g/mol. The first kappa shape index (κ1) is 23.5. The summed E-state index contributed by atoms with van der Waals surface area (Å²) < 4.78 is 0. The van der Waals surface area contributed by atoms with E-state index >= 15 is 0 Å². The Bertz CT molecular complexity index is 1080. The highest BCUT2D eigenvalue weighted by atomic mass is 35.5. The van der Waals surface area contributed by atoms with Crippen LogP contribution in [0.15, 0.2) is 47.6 Å². The zero-order valence-electron chi connectivity index (χ0n) is 18.6. The summed E-state index contributed by atoms with van der Waals surface area (Å²) in [5.41, 5.74) is 11.3. The molecule has 4 rings (SSSR count). The van der Waals surface area contributed by atoms with E-state index in [1.54, 1.807) is 23.2 Å². The standard InChI is InChI=1S/C24H27Cl2N5O2/c1-14(2)15-5-7-16(8-6-15)22-20(23(27)32)21(24(33)29-30-11-3-4-12-30)28-31(22)19-10-9-17(25)13-18(19)26/h5-10,13-14,20,22H,3-4,11-12H2,1-2H3,(H2,27,32)(H,29,33). The lowest BCUT2D eigenvalue weighted by Gasteiger charge is -2.28. The SMILES string of the molecule is CC(C)c1ccc(C2C(C(N)=O)C(C(=O)NN3CCCC3)=NN2c2ccc(Cl)cc2Cl)cc1. The lowest BCUT2D eigenvalue weighted by molar-refractivity contribution is -0.123. The van der Waals surface area contributed by atoms with E-state index in [4.69, 9.17) is 28.9 Å². The highest BCUT2D eigenvalue weighted by Gasteiger charge is 2.46. The van der Waals surface area contributed by atoms with E-state index in [9.17, 15) is 9.59 Å². The van der Waals surface area contributed by atoms with Gasteiger partial charge in [0.05, 0.1) is 16.8 Å². The van der Waals surface area contributed by atoms with Gasteiger partial charge in [-0.2, -0.15) is 5.10 Å². The third-order valence-corrected chi connectivity index (χ3v) is 6.63. The molecule has 0 aliphatic carbocycles. The van der Waals surface area contributed by atoms with Gasteiger partial charge in [0, 0.05) is 18.1 Å². The van der Waals surface area contributed by atoms with Crippen molar-refractivity contribution in [2.75, 3.05) is 18.1 Å². The topological polar surface area (TPSA) is 91.0 Å². The third-order valence-electron chi connectivity index (χ3n) is 6.10. The molecule has 1 fully saturated rings. The number of rotatable bonds is 6. The van der Waals surface area contributed by atoms with Crippen molar-refractivity contribution in [1.29, 1.82) is 0 Å². The fourth-order valence-electron chi connectivity index (χ4n) is 4.32. The Morgan fingerprint density at radius 3 is 2.33 bits per heavy atom. The van der Waals surface area contributed by atoms with E-state index in [1.807, 2.05) is 29.3 Å². The van der Waals surface area contributed by atoms with E-state index in [2.05, 4.69) is 24.4 Å². The number of benzene rings is 2. The average Bonchev–Trinajstić information content (AvgIpc) is 3.41. The first-order valence-corrected chi connectivity index (χ1v) is 11.8. The summed E-state index contributed by atoms with van der Waals surface area (Å²) in [5.74, 6) is -1.66. The molecule has 174 valence electrons. The number of hydrogen-bond acceptors (Lipinski definition) is 5. The fraction of sp³-hybridized carbons (Fsp3) is 0.375. The molecule has 3 N–H and O–H groups in total. The Balaban J connectivity index is 1.78. The smallest absolute Gasteiger partial charge is 0.282 e. The van der Waals surface area contributed by atoms with Gasteiger partial charge in [-0.1, -0.05) is 61.3 Å². The Morgan fingerprint density at radius 2 is 1.76 bits per heavy atom. The second-order valence-corrected chi connectivity index (χ2v) is 9.55. The Hall–Kier alpha value is -2.61. The minimum Gasteiger partial charge on any atom is -0.369 e. The first-order chi connectivity index (χ1) is 15.8. The van der Waals surface area contributed by atoms with E-state index in [-0.39, 0.29) is 5.71 Å². The van der Waals surface area contributed by atoms with Crippen LogP contribution in [-0.4, -0.2) is 35.6 Å². The molecule has 2 aliphatic rings. The number of hydrogen-bond donors (Lipinski definition) is 2. The van der Waals surface area contributed by atoms with Crippen LogP contribution in [0.2, 0.25) is 10.0 Å². The summed E-state index contributed by atoms with van der Waals surface area (Å²) in [7, 11) is 0. The van der Waals surface area contributed by atoms with E-state index in [1.165, 1.54) is 0 Å². The van der Waals surface area contributed by atoms with Crippen LogP contribution in [0.3, 0.4) is 0 Å². The Kier molecular flexibility index (Phi) is 6.93. The molecule has 0 aromatic heterocycles. The molecule has 0 bridgehead atoms. The highest BCUT2D eigenvalue weighted by molar-refractivity contribution is 6.44. The average molecular weight is 488 g/mol. The molecule has 2 heterocycles. The number of nitrogens with zero attached hydrogens (tertiary/aromatic N) is 3. The number of hydrazone groups is 1. The van der Waals surface area contributed by atoms with Gasteiger partial charge in [-0.25, -0.2) is 5.01 Å². The zero-order valence-corrected chi connectivity index (χ0v) is 20.1. The van der Waals surface area contributed by atoms with Crippen molar-refractivity contribution in [3.8, 4) is 0 Å². The summed E-state index contributed by atoms with van der Waals surface area (Å²) in [4.78, 5) is 25.9. The molecule has 0 saturated carbocycles. The number of nitrogens with one attached hydrogen (secondary N) is 1. The third kappa shape index (κ3) is 4.86. The lowest BCUT2D eigenvalue weighted by atomic mass is 9.87. The minimum absolute atomic E-state index is 0.0679. The van der Waals surface area contributed by atoms with Crippen molar-refractivity contribution in [3.05, 3.63) is 63.6 Å². The maximum atomic E-state index is 13.2. The second kappa shape index (κ2) is 9.71. The van der Waals surface area contributed by atoms with Gasteiger partial charge in [-0.05, 0) is 48.1 Å². The van der Waals surface area contributed by atoms with Gasteiger partial charge in [-0.3, -0.25) is 20.0 Å². The summed E-state index contributed by atoms with van der Waals surface area (Å²) in [6.45, 7) is 5.74. The van der Waals surface area contributed by atoms with Crippen molar-refractivity contribution in [2.45, 2.75) is 38.6 Å². The van der Waals surface area contributed by atoms with Gasteiger partial charge in [0.2, 0.25) is 5.91 Å². The van der Waals surface area contributed by atoms with E-state index in [0.29, 0.717) is 21.7 Å². The van der Waals surface area contributed by atoms with Crippen molar-refractivity contribution in [2.24, 2.45) is 16.8 Å². The number of nitrogens with two attached hydrogens (primary N) is 1. The zero-order chi connectivity index (χ0) is 23.7. The number of carbonyl (C=O) groups is 2. The molecular formula is C24H27Cl2N5O2. The molecule has 2 unspecified atom stereocenters. The van der Waals surface area contributed by atoms with Gasteiger partial charge in [0.1, 0.15) is 11.6 Å². The largest absolute Gasteiger partial charge is 0.369 e. The van der Waals surface area contributed by atoms with E-state index < -0.39 is 23.8 Å². The molecule has 2 amide bonds. The first-order valence-electron chi connectivity index (χ1n) is 11.0. The molecule has 2 aromatic carbocycles.